The molecule has 2 unspecified atom stereocenters. The van der Waals surface area contributed by atoms with Crippen LogP contribution in [-0.4, -0.2) is 29.4 Å². The first-order valence-corrected chi connectivity index (χ1v) is 8.07. The van der Waals surface area contributed by atoms with Crippen LogP contribution in [-0.2, 0) is 0 Å². The van der Waals surface area contributed by atoms with E-state index in [9.17, 15) is 0 Å². The first kappa shape index (κ1) is 12.9. The summed E-state index contributed by atoms with van der Waals surface area (Å²) in [5, 5.41) is 1.21. The average Bonchev–Trinajstić information content (AvgIpc) is 2.73. The fraction of sp³-hybridized carbons (Fsp3) is 1.00. The van der Waals surface area contributed by atoms with Crippen LogP contribution in [0.25, 0.3) is 0 Å². The van der Waals surface area contributed by atoms with E-state index in [1.54, 1.807) is 0 Å². The lowest BCUT2D eigenvalue weighted by atomic mass is 9.85. The summed E-state index contributed by atoms with van der Waals surface area (Å²) in [5.74, 6) is 0.907. The van der Waals surface area contributed by atoms with Crippen molar-refractivity contribution in [1.82, 2.24) is 4.90 Å². The summed E-state index contributed by atoms with van der Waals surface area (Å²) < 4.78 is 0. The summed E-state index contributed by atoms with van der Waals surface area (Å²) >= 11 is 3.77. The smallest absolute Gasteiger partial charge is 0.0100 e. The van der Waals surface area contributed by atoms with E-state index in [2.05, 4.69) is 34.7 Å². The number of piperidine rings is 1. The van der Waals surface area contributed by atoms with Crippen LogP contribution in [0.1, 0.15) is 52.4 Å². The molecule has 0 N–H and O–H groups in total. The molecule has 1 aliphatic carbocycles. The van der Waals surface area contributed by atoms with E-state index < -0.39 is 0 Å². The van der Waals surface area contributed by atoms with E-state index in [1.165, 1.54) is 56.9 Å². The molecule has 1 heterocycles. The first-order valence-electron chi connectivity index (χ1n) is 6.95. The average molecular weight is 288 g/mol. The third-order valence-electron chi connectivity index (χ3n) is 4.73. The van der Waals surface area contributed by atoms with Crippen LogP contribution in [0.4, 0.5) is 0 Å². The Labute approximate surface area is 109 Å². The van der Waals surface area contributed by atoms with Gasteiger partial charge in [-0.05, 0) is 43.9 Å². The molecule has 2 heteroatoms. The third kappa shape index (κ3) is 2.81. The Hall–Kier alpha value is 0.440. The molecule has 0 amide bonds. The number of hydrogen-bond donors (Lipinski definition) is 0. The standard InChI is InChI=1S/C14H26BrN/c1-12-5-6-13(2)16(9-12)11-14(10-15)7-3-4-8-14/h12-13H,3-11H2,1-2H3. The summed E-state index contributed by atoms with van der Waals surface area (Å²) in [6.07, 6.45) is 8.61. The molecule has 94 valence electrons. The molecule has 2 atom stereocenters. The second-order valence-corrected chi connectivity index (χ2v) is 6.86. The minimum atomic E-state index is 0.602. The molecule has 1 saturated heterocycles. The highest BCUT2D eigenvalue weighted by Gasteiger charge is 2.36. The zero-order valence-corrected chi connectivity index (χ0v) is 12.4. The zero-order valence-electron chi connectivity index (χ0n) is 10.8. The summed E-state index contributed by atoms with van der Waals surface area (Å²) in [4.78, 5) is 2.76. The Morgan fingerprint density at radius 2 is 1.88 bits per heavy atom. The van der Waals surface area contributed by atoms with E-state index in [0.717, 1.165) is 12.0 Å². The number of likely N-dealkylation sites (tertiary alicyclic amines) is 1. The summed E-state index contributed by atoms with van der Waals surface area (Å²) in [7, 11) is 0. The SMILES string of the molecule is CC1CCC(C)N(CC2(CBr)CCCC2)C1. The molecule has 2 aliphatic rings. The third-order valence-corrected chi connectivity index (χ3v) is 5.92. The lowest BCUT2D eigenvalue weighted by Crippen LogP contribution is -2.47. The van der Waals surface area contributed by atoms with E-state index in [1.807, 2.05) is 0 Å². The monoisotopic (exact) mass is 287 g/mol. The number of hydrogen-bond acceptors (Lipinski definition) is 1. The number of nitrogens with zero attached hydrogens (tertiary/aromatic N) is 1. The molecular formula is C14H26BrN. The summed E-state index contributed by atoms with van der Waals surface area (Å²) in [6.45, 7) is 7.50. The van der Waals surface area contributed by atoms with Crippen molar-refractivity contribution in [2.24, 2.45) is 11.3 Å². The molecule has 1 nitrogen and oxygen atoms in total. The van der Waals surface area contributed by atoms with E-state index in [4.69, 9.17) is 0 Å². The van der Waals surface area contributed by atoms with Crippen LogP contribution in [0.5, 0.6) is 0 Å². The lowest BCUT2D eigenvalue weighted by molar-refractivity contribution is 0.0779. The highest BCUT2D eigenvalue weighted by atomic mass is 79.9. The van der Waals surface area contributed by atoms with Gasteiger partial charge in [0.05, 0.1) is 0 Å². The van der Waals surface area contributed by atoms with Crippen LogP contribution in [0.15, 0.2) is 0 Å². The largest absolute Gasteiger partial charge is 0.300 e. The second kappa shape index (κ2) is 5.39. The maximum atomic E-state index is 3.77. The normalized spacial score (nSPS) is 35.4. The van der Waals surface area contributed by atoms with Crippen molar-refractivity contribution in [2.75, 3.05) is 18.4 Å². The predicted molar refractivity (Wildman–Crippen MR) is 74.1 cm³/mol. The van der Waals surface area contributed by atoms with Gasteiger partial charge in [0, 0.05) is 24.5 Å². The second-order valence-electron chi connectivity index (χ2n) is 6.30. The van der Waals surface area contributed by atoms with Gasteiger partial charge in [-0.1, -0.05) is 35.7 Å². The molecule has 16 heavy (non-hydrogen) atoms. The van der Waals surface area contributed by atoms with Crippen molar-refractivity contribution in [3.05, 3.63) is 0 Å². The van der Waals surface area contributed by atoms with Gasteiger partial charge in [-0.2, -0.15) is 0 Å². The molecule has 0 radical (unpaired) electrons. The zero-order chi connectivity index (χ0) is 11.6. The minimum Gasteiger partial charge on any atom is -0.300 e. The van der Waals surface area contributed by atoms with Gasteiger partial charge in [-0.3, -0.25) is 4.90 Å². The Kier molecular flexibility index (Phi) is 4.34. The topological polar surface area (TPSA) is 3.24 Å². The van der Waals surface area contributed by atoms with Gasteiger partial charge < -0.3 is 0 Å². The van der Waals surface area contributed by atoms with Crippen LogP contribution in [0.3, 0.4) is 0 Å². The number of alkyl halides is 1. The van der Waals surface area contributed by atoms with E-state index in [-0.39, 0.29) is 0 Å². The number of halogens is 1. The highest BCUT2D eigenvalue weighted by Crippen LogP contribution is 2.41. The van der Waals surface area contributed by atoms with Gasteiger partial charge in [0.2, 0.25) is 0 Å². The van der Waals surface area contributed by atoms with Crippen molar-refractivity contribution < 1.29 is 0 Å². The van der Waals surface area contributed by atoms with Crippen molar-refractivity contribution >= 4 is 15.9 Å². The van der Waals surface area contributed by atoms with Gasteiger partial charge >= 0.3 is 0 Å². The molecule has 1 aliphatic heterocycles. The van der Waals surface area contributed by atoms with E-state index >= 15 is 0 Å². The molecule has 2 rings (SSSR count). The van der Waals surface area contributed by atoms with Crippen molar-refractivity contribution in [1.29, 1.82) is 0 Å². The lowest BCUT2D eigenvalue weighted by Gasteiger charge is -2.42. The maximum absolute atomic E-state index is 3.77. The van der Waals surface area contributed by atoms with Gasteiger partial charge in [0.15, 0.2) is 0 Å². The van der Waals surface area contributed by atoms with Crippen LogP contribution in [0, 0.1) is 11.3 Å². The summed E-state index contributed by atoms with van der Waals surface area (Å²) in [5.41, 5.74) is 0.602. The molecule has 0 bridgehead atoms. The molecule has 0 spiro atoms. The van der Waals surface area contributed by atoms with Gasteiger partial charge in [0.1, 0.15) is 0 Å². The van der Waals surface area contributed by atoms with Crippen LogP contribution < -0.4 is 0 Å². The van der Waals surface area contributed by atoms with Crippen molar-refractivity contribution in [3.63, 3.8) is 0 Å². The fourth-order valence-corrected chi connectivity index (χ4v) is 4.23. The Bertz CT molecular complexity index is 223. The Balaban J connectivity index is 1.96. The molecule has 0 aromatic rings. The summed E-state index contributed by atoms with van der Waals surface area (Å²) in [6, 6.07) is 0.813. The van der Waals surface area contributed by atoms with Crippen molar-refractivity contribution in [3.8, 4) is 0 Å². The fourth-order valence-electron chi connectivity index (χ4n) is 3.49. The van der Waals surface area contributed by atoms with Crippen LogP contribution in [0.2, 0.25) is 0 Å². The van der Waals surface area contributed by atoms with Gasteiger partial charge in [0.25, 0.3) is 0 Å². The molecular weight excluding hydrogens is 262 g/mol. The van der Waals surface area contributed by atoms with Crippen molar-refractivity contribution in [2.45, 2.75) is 58.4 Å². The van der Waals surface area contributed by atoms with E-state index in [0.29, 0.717) is 5.41 Å². The molecule has 2 fully saturated rings. The molecule has 0 aromatic heterocycles. The molecule has 0 aromatic carbocycles. The Morgan fingerprint density at radius 3 is 2.50 bits per heavy atom. The quantitative estimate of drug-likeness (QED) is 0.708. The van der Waals surface area contributed by atoms with Gasteiger partial charge in [-0.25, -0.2) is 0 Å². The maximum Gasteiger partial charge on any atom is 0.0100 e. The number of rotatable bonds is 3. The van der Waals surface area contributed by atoms with Crippen LogP contribution >= 0.6 is 15.9 Å². The molecule has 1 saturated carbocycles. The highest BCUT2D eigenvalue weighted by molar-refractivity contribution is 9.09. The predicted octanol–water partition coefficient (Wildman–Crippen LogP) is 4.06. The first-order chi connectivity index (χ1) is 7.65. The Morgan fingerprint density at radius 1 is 1.19 bits per heavy atom. The minimum absolute atomic E-state index is 0.602. The van der Waals surface area contributed by atoms with Gasteiger partial charge in [-0.15, -0.1) is 0 Å².